The van der Waals surface area contributed by atoms with Crippen LogP contribution in [0, 0.1) is 6.92 Å². The maximum absolute atomic E-state index is 11.8. The summed E-state index contributed by atoms with van der Waals surface area (Å²) in [6.07, 6.45) is 4.18. The number of fused-ring (bicyclic) bond motifs is 1. The summed E-state index contributed by atoms with van der Waals surface area (Å²) < 4.78 is 0. The third kappa shape index (κ3) is 2.85. The van der Waals surface area contributed by atoms with Gasteiger partial charge in [0, 0.05) is 0 Å². The summed E-state index contributed by atoms with van der Waals surface area (Å²) >= 11 is 0.976. The van der Waals surface area contributed by atoms with E-state index in [1.165, 1.54) is 17.5 Å². The Balaban J connectivity index is 2.13. The molecule has 1 N–H and O–H groups in total. The molecule has 1 aliphatic heterocycles. The fourth-order valence-corrected chi connectivity index (χ4v) is 4.13. The number of nitrogens with one attached hydrogen (secondary N) is 1. The highest BCUT2D eigenvalue weighted by atomic mass is 32.2. The van der Waals surface area contributed by atoms with Gasteiger partial charge in [-0.15, -0.1) is 0 Å². The second kappa shape index (κ2) is 5.23. The number of aryl methyl sites for hydroxylation is 1. The number of amides is 2. The average Bonchev–Trinajstić information content (AvgIpc) is 2.75. The molecule has 0 spiro atoms. The minimum absolute atomic E-state index is 0.132. The summed E-state index contributed by atoms with van der Waals surface area (Å²) in [6, 6.07) is 4.48. The van der Waals surface area contributed by atoms with Crippen LogP contribution in [0.1, 0.15) is 62.8 Å². The van der Waals surface area contributed by atoms with Crippen molar-refractivity contribution >= 4 is 29.0 Å². The summed E-state index contributed by atoms with van der Waals surface area (Å²) in [5.41, 5.74) is 5.26. The smallest absolute Gasteiger partial charge is 0.282 e. The second-order valence-electron chi connectivity index (χ2n) is 7.87. The third-order valence-corrected chi connectivity index (χ3v) is 5.98. The molecule has 2 amide bonds. The Kier molecular flexibility index (Phi) is 3.71. The van der Waals surface area contributed by atoms with Gasteiger partial charge in [-0.05, 0) is 70.7 Å². The van der Waals surface area contributed by atoms with Crippen molar-refractivity contribution in [2.24, 2.45) is 0 Å². The van der Waals surface area contributed by atoms with E-state index in [2.05, 4.69) is 52.1 Å². The Morgan fingerprint density at radius 2 is 1.61 bits per heavy atom. The number of carbonyl (C=O) groups excluding carboxylic acids is 2. The predicted molar refractivity (Wildman–Crippen MR) is 95.6 cm³/mol. The fraction of sp³-hybridized carbons (Fsp3) is 0.474. The molecule has 3 nitrogen and oxygen atoms in total. The van der Waals surface area contributed by atoms with Gasteiger partial charge in [0.25, 0.3) is 11.1 Å². The van der Waals surface area contributed by atoms with Crippen LogP contribution in [0.4, 0.5) is 4.79 Å². The number of benzene rings is 1. The zero-order chi connectivity index (χ0) is 17.0. The van der Waals surface area contributed by atoms with Crippen molar-refractivity contribution in [2.45, 2.75) is 58.3 Å². The molecule has 0 aromatic heterocycles. The number of imide groups is 1. The molecular weight excluding hydrogens is 306 g/mol. The van der Waals surface area contributed by atoms with E-state index in [1.54, 1.807) is 0 Å². The lowest BCUT2D eigenvalue weighted by atomic mass is 9.62. The molecule has 1 aliphatic carbocycles. The van der Waals surface area contributed by atoms with Crippen molar-refractivity contribution in [3.05, 3.63) is 39.3 Å². The molecule has 23 heavy (non-hydrogen) atoms. The van der Waals surface area contributed by atoms with Gasteiger partial charge in [0.05, 0.1) is 4.91 Å². The molecule has 1 fully saturated rings. The lowest BCUT2D eigenvalue weighted by Crippen LogP contribution is -2.34. The van der Waals surface area contributed by atoms with Gasteiger partial charge >= 0.3 is 0 Å². The van der Waals surface area contributed by atoms with Gasteiger partial charge in [-0.3, -0.25) is 14.9 Å². The molecule has 1 heterocycles. The Bertz CT molecular complexity index is 744. The van der Waals surface area contributed by atoms with Crippen LogP contribution < -0.4 is 5.32 Å². The van der Waals surface area contributed by atoms with E-state index in [0.29, 0.717) is 4.91 Å². The quantitative estimate of drug-likeness (QED) is 0.762. The molecule has 122 valence electrons. The molecule has 2 aliphatic rings. The SMILES string of the molecule is Cc1cc2c(cc1/C=C1/SC(=O)NC1=O)C(C)(C)CCC2(C)C. The normalized spacial score (nSPS) is 23.8. The van der Waals surface area contributed by atoms with E-state index < -0.39 is 0 Å². The Hall–Kier alpha value is -1.55. The maximum Gasteiger partial charge on any atom is 0.290 e. The van der Waals surface area contributed by atoms with Crippen LogP contribution in [0.3, 0.4) is 0 Å². The average molecular weight is 329 g/mol. The molecule has 0 atom stereocenters. The molecule has 0 saturated carbocycles. The highest BCUT2D eigenvalue weighted by molar-refractivity contribution is 8.18. The molecule has 3 rings (SSSR count). The summed E-state index contributed by atoms with van der Waals surface area (Å²) in [4.78, 5) is 23.6. The molecule has 0 bridgehead atoms. The van der Waals surface area contributed by atoms with E-state index >= 15 is 0 Å². The van der Waals surface area contributed by atoms with Gasteiger partial charge in [0.1, 0.15) is 0 Å². The first kappa shape index (κ1) is 16.3. The van der Waals surface area contributed by atoms with E-state index in [4.69, 9.17) is 0 Å². The maximum atomic E-state index is 11.8. The first-order valence-corrected chi connectivity index (χ1v) is 8.82. The van der Waals surface area contributed by atoms with Crippen LogP contribution in [0.25, 0.3) is 6.08 Å². The largest absolute Gasteiger partial charge is 0.290 e. The molecule has 0 unspecified atom stereocenters. The van der Waals surface area contributed by atoms with Gasteiger partial charge in [0.15, 0.2) is 0 Å². The topological polar surface area (TPSA) is 46.2 Å². The standard InChI is InChI=1S/C19H23NO2S/c1-11-8-13-14(19(4,5)7-6-18(13,2)3)9-12(11)10-15-16(21)20-17(22)23-15/h8-10H,6-7H2,1-5H3,(H,20,21,22)/b15-10+. The van der Waals surface area contributed by atoms with Crippen molar-refractivity contribution in [1.29, 1.82) is 0 Å². The zero-order valence-electron chi connectivity index (χ0n) is 14.4. The number of hydrogen-bond donors (Lipinski definition) is 1. The second-order valence-corrected chi connectivity index (χ2v) is 8.89. The molecule has 1 saturated heterocycles. The summed E-state index contributed by atoms with van der Waals surface area (Å²) in [7, 11) is 0. The van der Waals surface area contributed by atoms with Gasteiger partial charge in [-0.25, -0.2) is 0 Å². The van der Waals surface area contributed by atoms with Crippen molar-refractivity contribution < 1.29 is 9.59 Å². The van der Waals surface area contributed by atoms with Gasteiger partial charge < -0.3 is 0 Å². The van der Waals surface area contributed by atoms with Gasteiger partial charge in [0.2, 0.25) is 0 Å². The van der Waals surface area contributed by atoms with Crippen molar-refractivity contribution in [2.75, 3.05) is 0 Å². The Morgan fingerprint density at radius 1 is 1.04 bits per heavy atom. The van der Waals surface area contributed by atoms with Crippen LogP contribution in [0.15, 0.2) is 17.0 Å². The molecule has 4 heteroatoms. The van der Waals surface area contributed by atoms with Gasteiger partial charge in [-0.1, -0.05) is 39.8 Å². The molecule has 0 radical (unpaired) electrons. The lowest BCUT2D eigenvalue weighted by molar-refractivity contribution is -0.115. The first-order valence-electron chi connectivity index (χ1n) is 8.01. The van der Waals surface area contributed by atoms with Crippen LogP contribution in [-0.2, 0) is 15.6 Å². The highest BCUT2D eigenvalue weighted by Crippen LogP contribution is 2.46. The number of thioether (sulfide) groups is 1. The van der Waals surface area contributed by atoms with E-state index in [-0.39, 0.29) is 22.0 Å². The zero-order valence-corrected chi connectivity index (χ0v) is 15.2. The molecular formula is C19H23NO2S. The van der Waals surface area contributed by atoms with Crippen LogP contribution in [0.2, 0.25) is 0 Å². The minimum atomic E-state index is -0.295. The van der Waals surface area contributed by atoms with Crippen LogP contribution >= 0.6 is 11.8 Å². The summed E-state index contributed by atoms with van der Waals surface area (Å²) in [5.74, 6) is -0.295. The fourth-order valence-electron chi connectivity index (χ4n) is 3.46. The Morgan fingerprint density at radius 3 is 2.13 bits per heavy atom. The van der Waals surface area contributed by atoms with Crippen molar-refractivity contribution in [3.63, 3.8) is 0 Å². The highest BCUT2D eigenvalue weighted by Gasteiger charge is 2.37. The monoisotopic (exact) mass is 329 g/mol. The number of rotatable bonds is 1. The minimum Gasteiger partial charge on any atom is -0.282 e. The first-order chi connectivity index (χ1) is 10.6. The lowest BCUT2D eigenvalue weighted by Gasteiger charge is -2.42. The van der Waals surface area contributed by atoms with Crippen molar-refractivity contribution in [1.82, 2.24) is 5.32 Å². The molecule has 1 aromatic carbocycles. The third-order valence-electron chi connectivity index (χ3n) is 5.17. The van der Waals surface area contributed by atoms with E-state index in [9.17, 15) is 9.59 Å². The van der Waals surface area contributed by atoms with Crippen LogP contribution in [0.5, 0.6) is 0 Å². The molecule has 1 aromatic rings. The summed E-state index contributed by atoms with van der Waals surface area (Å²) in [5, 5.41) is 2.02. The van der Waals surface area contributed by atoms with E-state index in [0.717, 1.165) is 29.3 Å². The van der Waals surface area contributed by atoms with Gasteiger partial charge in [-0.2, -0.15) is 0 Å². The number of carbonyl (C=O) groups is 2. The van der Waals surface area contributed by atoms with Crippen molar-refractivity contribution in [3.8, 4) is 0 Å². The van der Waals surface area contributed by atoms with E-state index in [1.807, 2.05) is 6.08 Å². The predicted octanol–water partition coefficient (Wildman–Crippen LogP) is 4.67. The number of hydrogen-bond acceptors (Lipinski definition) is 3. The van der Waals surface area contributed by atoms with Crippen LogP contribution in [-0.4, -0.2) is 11.1 Å². The Labute approximate surface area is 141 Å². The summed E-state index contributed by atoms with van der Waals surface area (Å²) in [6.45, 7) is 11.3.